The van der Waals surface area contributed by atoms with E-state index in [-0.39, 0.29) is 12.1 Å². The van der Waals surface area contributed by atoms with Gasteiger partial charge in [-0.2, -0.15) is 0 Å². The number of hydrogen-bond donors (Lipinski definition) is 0. The first-order valence-electron chi connectivity index (χ1n) is 20.7. The summed E-state index contributed by atoms with van der Waals surface area (Å²) in [6.07, 6.45) is 53.3. The van der Waals surface area contributed by atoms with Gasteiger partial charge in [0.1, 0.15) is 6.10 Å². The average Bonchev–Trinajstić information content (AvgIpc) is 3.35. The lowest BCUT2D eigenvalue weighted by atomic mass is 10.0. The quantitative estimate of drug-likeness (QED) is 0.0517. The predicted octanol–water partition coefficient (Wildman–Crippen LogP) is 14.9. The van der Waals surface area contributed by atoms with Gasteiger partial charge in [-0.1, -0.05) is 225 Å². The first kappa shape index (κ1) is 41.2. The molecular weight excluding hydrogens is 536 g/mol. The SMILES string of the molecule is CCCCCCCCCCCCCCCCCCCCCCCCCCCCCCCCCCCCCC1=C[C@@H](C)OC1=O. The monoisotopic (exact) mass is 617 g/mol. The van der Waals surface area contributed by atoms with Crippen LogP contribution in [0.3, 0.4) is 0 Å². The summed E-state index contributed by atoms with van der Waals surface area (Å²) in [6.45, 7) is 4.25. The molecule has 0 aromatic heterocycles. The molecule has 0 aliphatic carbocycles. The van der Waals surface area contributed by atoms with Crippen molar-refractivity contribution in [3.05, 3.63) is 11.6 Å². The molecule has 0 N–H and O–H groups in total. The van der Waals surface area contributed by atoms with E-state index in [9.17, 15) is 4.79 Å². The first-order chi connectivity index (χ1) is 21.7. The third kappa shape index (κ3) is 28.7. The molecule has 0 spiro atoms. The fourth-order valence-electron chi connectivity index (χ4n) is 7.04. The number of rotatable bonds is 36. The lowest BCUT2D eigenvalue weighted by Crippen LogP contribution is -2.03. The highest BCUT2D eigenvalue weighted by Crippen LogP contribution is 2.21. The van der Waals surface area contributed by atoms with Crippen LogP contribution < -0.4 is 0 Å². The van der Waals surface area contributed by atoms with Crippen molar-refractivity contribution < 1.29 is 9.53 Å². The molecule has 1 heterocycles. The maximum atomic E-state index is 11.6. The van der Waals surface area contributed by atoms with Gasteiger partial charge in [0.05, 0.1) is 0 Å². The van der Waals surface area contributed by atoms with Crippen LogP contribution in [0.5, 0.6) is 0 Å². The third-order valence-corrected chi connectivity index (χ3v) is 10.0. The van der Waals surface area contributed by atoms with Crippen molar-refractivity contribution >= 4 is 5.97 Å². The summed E-state index contributed by atoms with van der Waals surface area (Å²) in [6, 6.07) is 0. The lowest BCUT2D eigenvalue weighted by molar-refractivity contribution is -0.139. The van der Waals surface area contributed by atoms with Crippen molar-refractivity contribution in [1.29, 1.82) is 0 Å². The molecule has 0 saturated carbocycles. The number of cyclic esters (lactones) is 1. The molecule has 2 heteroatoms. The van der Waals surface area contributed by atoms with Gasteiger partial charge in [-0.3, -0.25) is 0 Å². The fourth-order valence-corrected chi connectivity index (χ4v) is 7.04. The number of carbonyl (C=O) groups excluding carboxylic acids is 1. The Morgan fingerprint density at radius 3 is 0.841 bits per heavy atom. The zero-order valence-corrected chi connectivity index (χ0v) is 30.4. The standard InChI is InChI=1S/C42H80O2/c1-3-4-5-6-7-8-9-10-11-12-13-14-15-16-17-18-19-20-21-22-23-24-25-26-27-28-29-30-31-32-33-34-35-36-37-38-41-39-40(2)44-42(41)43/h39-40H,3-38H2,1-2H3/t40-/m1/s1. The molecule has 0 fully saturated rings. The third-order valence-electron chi connectivity index (χ3n) is 10.0. The normalized spacial score (nSPS) is 14.8. The van der Waals surface area contributed by atoms with Gasteiger partial charge in [-0.05, 0) is 25.8 Å². The minimum Gasteiger partial charge on any atom is -0.455 e. The van der Waals surface area contributed by atoms with Crippen LogP contribution >= 0.6 is 0 Å². The Morgan fingerprint density at radius 1 is 0.409 bits per heavy atom. The number of unbranched alkanes of at least 4 members (excludes halogenated alkanes) is 34. The highest BCUT2D eigenvalue weighted by molar-refractivity contribution is 5.90. The zero-order chi connectivity index (χ0) is 31.6. The van der Waals surface area contributed by atoms with Gasteiger partial charge in [0, 0.05) is 5.57 Å². The van der Waals surface area contributed by atoms with E-state index in [0.717, 1.165) is 18.4 Å². The van der Waals surface area contributed by atoms with Crippen molar-refractivity contribution in [3.8, 4) is 0 Å². The Morgan fingerprint density at radius 2 is 0.636 bits per heavy atom. The van der Waals surface area contributed by atoms with Crippen LogP contribution in [-0.4, -0.2) is 12.1 Å². The van der Waals surface area contributed by atoms with Crippen molar-refractivity contribution in [1.82, 2.24) is 0 Å². The molecule has 1 aliphatic rings. The Labute approximate surface area is 277 Å². The summed E-state index contributed by atoms with van der Waals surface area (Å²) in [5.41, 5.74) is 0.906. The zero-order valence-electron chi connectivity index (χ0n) is 30.4. The molecule has 0 unspecified atom stereocenters. The van der Waals surface area contributed by atoms with Crippen molar-refractivity contribution in [2.45, 2.75) is 251 Å². The maximum Gasteiger partial charge on any atom is 0.334 e. The molecule has 0 aromatic rings. The summed E-state index contributed by atoms with van der Waals surface area (Å²) in [5.74, 6) is -0.0846. The summed E-state index contributed by atoms with van der Waals surface area (Å²) in [7, 11) is 0. The molecule has 0 aromatic carbocycles. The van der Waals surface area contributed by atoms with Gasteiger partial charge in [0.25, 0.3) is 0 Å². The van der Waals surface area contributed by atoms with E-state index in [1.165, 1.54) is 218 Å². The van der Waals surface area contributed by atoms with E-state index in [0.29, 0.717) is 0 Å². The molecule has 260 valence electrons. The molecule has 1 aliphatic heterocycles. The smallest absolute Gasteiger partial charge is 0.334 e. The Hall–Kier alpha value is -0.790. The molecule has 0 radical (unpaired) electrons. The first-order valence-corrected chi connectivity index (χ1v) is 20.7. The second kappa shape index (κ2) is 33.6. The molecule has 0 saturated heterocycles. The highest BCUT2D eigenvalue weighted by atomic mass is 16.5. The molecule has 2 nitrogen and oxygen atoms in total. The molecule has 44 heavy (non-hydrogen) atoms. The van der Waals surface area contributed by atoms with Crippen LogP contribution in [0, 0.1) is 0 Å². The van der Waals surface area contributed by atoms with Crippen molar-refractivity contribution in [3.63, 3.8) is 0 Å². The van der Waals surface area contributed by atoms with Gasteiger partial charge in [0.2, 0.25) is 0 Å². The van der Waals surface area contributed by atoms with E-state index in [1.54, 1.807) is 0 Å². The molecule has 0 bridgehead atoms. The van der Waals surface area contributed by atoms with Gasteiger partial charge >= 0.3 is 5.97 Å². The highest BCUT2D eigenvalue weighted by Gasteiger charge is 2.21. The average molecular weight is 617 g/mol. The van der Waals surface area contributed by atoms with Crippen LogP contribution in [-0.2, 0) is 9.53 Å². The van der Waals surface area contributed by atoms with Crippen LogP contribution in [0.1, 0.15) is 245 Å². The summed E-state index contributed by atoms with van der Waals surface area (Å²) in [5, 5.41) is 0. The largest absolute Gasteiger partial charge is 0.455 e. The van der Waals surface area contributed by atoms with Gasteiger partial charge in [-0.25, -0.2) is 4.79 Å². The number of hydrogen-bond acceptors (Lipinski definition) is 2. The van der Waals surface area contributed by atoms with Gasteiger partial charge in [0.15, 0.2) is 0 Å². The van der Waals surface area contributed by atoms with Gasteiger partial charge < -0.3 is 4.74 Å². The van der Waals surface area contributed by atoms with Crippen molar-refractivity contribution in [2.75, 3.05) is 0 Å². The van der Waals surface area contributed by atoms with E-state index >= 15 is 0 Å². The minimum atomic E-state index is -0.0846. The van der Waals surface area contributed by atoms with Crippen LogP contribution in [0.2, 0.25) is 0 Å². The summed E-state index contributed by atoms with van der Waals surface area (Å²) >= 11 is 0. The van der Waals surface area contributed by atoms with Crippen molar-refractivity contribution in [2.24, 2.45) is 0 Å². The molecular formula is C42H80O2. The number of ether oxygens (including phenoxy) is 1. The maximum absolute atomic E-state index is 11.6. The van der Waals surface area contributed by atoms with Crippen LogP contribution in [0.15, 0.2) is 11.6 Å². The molecule has 1 atom stereocenters. The predicted molar refractivity (Wildman–Crippen MR) is 196 cm³/mol. The van der Waals surface area contributed by atoms with Crippen LogP contribution in [0.25, 0.3) is 0 Å². The minimum absolute atomic E-state index is 0.0134. The van der Waals surface area contributed by atoms with Crippen LogP contribution in [0.4, 0.5) is 0 Å². The molecule has 1 rings (SSSR count). The van der Waals surface area contributed by atoms with E-state index in [1.807, 2.05) is 13.0 Å². The van der Waals surface area contributed by atoms with E-state index in [4.69, 9.17) is 4.74 Å². The number of carbonyl (C=O) groups is 1. The summed E-state index contributed by atoms with van der Waals surface area (Å²) < 4.78 is 5.17. The Bertz CT molecular complexity index is 623. The Kier molecular flexibility index (Phi) is 31.5. The van der Waals surface area contributed by atoms with E-state index < -0.39 is 0 Å². The van der Waals surface area contributed by atoms with Gasteiger partial charge in [-0.15, -0.1) is 0 Å². The summed E-state index contributed by atoms with van der Waals surface area (Å²) in [4.78, 5) is 11.6. The second-order valence-electron chi connectivity index (χ2n) is 14.6. The fraction of sp³-hybridized carbons (Fsp3) is 0.929. The second-order valence-corrected chi connectivity index (χ2v) is 14.6. The lowest BCUT2D eigenvalue weighted by Gasteiger charge is -2.05. The molecule has 0 amide bonds. The Balaban J connectivity index is 1.62. The topological polar surface area (TPSA) is 26.3 Å². The van der Waals surface area contributed by atoms with E-state index in [2.05, 4.69) is 6.92 Å². The number of esters is 1.